The molecule has 0 saturated heterocycles. The first-order valence-electron chi connectivity index (χ1n) is 6.28. The zero-order valence-corrected chi connectivity index (χ0v) is 11.5. The van der Waals surface area contributed by atoms with Gasteiger partial charge in [0, 0.05) is 19.0 Å². The van der Waals surface area contributed by atoms with E-state index in [1.165, 1.54) is 18.0 Å². The lowest BCUT2D eigenvalue weighted by molar-refractivity contribution is -0.148. The van der Waals surface area contributed by atoms with Gasteiger partial charge in [0.15, 0.2) is 0 Å². The molecule has 0 saturated carbocycles. The fraction of sp³-hybridized carbons (Fsp3) is 0.429. The summed E-state index contributed by atoms with van der Waals surface area (Å²) >= 11 is 0. The van der Waals surface area contributed by atoms with Crippen LogP contribution in [0.3, 0.4) is 0 Å². The Morgan fingerprint density at radius 1 is 1.25 bits per heavy atom. The molecule has 20 heavy (non-hydrogen) atoms. The van der Waals surface area contributed by atoms with Crippen LogP contribution in [0.2, 0.25) is 0 Å². The maximum absolute atomic E-state index is 13.4. The van der Waals surface area contributed by atoms with Crippen LogP contribution in [0.25, 0.3) is 0 Å². The van der Waals surface area contributed by atoms with Crippen LogP contribution in [0.15, 0.2) is 18.2 Å². The fourth-order valence-electron chi connectivity index (χ4n) is 1.68. The predicted octanol–water partition coefficient (Wildman–Crippen LogP) is 1.92. The zero-order valence-electron chi connectivity index (χ0n) is 11.5. The number of carbonyl (C=O) groups excluding carboxylic acids is 2. The maximum atomic E-state index is 13.4. The van der Waals surface area contributed by atoms with Crippen LogP contribution in [-0.2, 0) is 20.7 Å². The first-order chi connectivity index (χ1) is 9.45. The largest absolute Gasteiger partial charge is 0.465 e. The van der Waals surface area contributed by atoms with Crippen LogP contribution in [0.5, 0.6) is 0 Å². The van der Waals surface area contributed by atoms with Gasteiger partial charge in [-0.2, -0.15) is 0 Å². The van der Waals surface area contributed by atoms with E-state index in [1.54, 1.807) is 6.92 Å². The number of hydrogen-bond acceptors (Lipinski definition) is 3. The lowest BCUT2D eigenvalue weighted by atomic mass is 10.1. The molecule has 6 heteroatoms. The van der Waals surface area contributed by atoms with Gasteiger partial charge in [-0.15, -0.1) is 0 Å². The smallest absolute Gasteiger partial charge is 0.325 e. The van der Waals surface area contributed by atoms with E-state index in [-0.39, 0.29) is 37.5 Å². The number of likely N-dealkylation sites (N-methyl/N-ethyl adjacent to an activating group) is 1. The van der Waals surface area contributed by atoms with Gasteiger partial charge in [0.25, 0.3) is 0 Å². The minimum Gasteiger partial charge on any atom is -0.465 e. The summed E-state index contributed by atoms with van der Waals surface area (Å²) in [6.45, 7) is 1.73. The van der Waals surface area contributed by atoms with Crippen molar-refractivity contribution in [1.82, 2.24) is 4.90 Å². The van der Waals surface area contributed by atoms with E-state index in [9.17, 15) is 18.4 Å². The highest BCUT2D eigenvalue weighted by atomic mass is 19.1. The van der Waals surface area contributed by atoms with Crippen LogP contribution in [0, 0.1) is 11.6 Å². The SMILES string of the molecule is CCOC(=O)CN(C)C(=O)CCc1c(F)cccc1F. The average Bonchev–Trinajstić information content (AvgIpc) is 2.38. The monoisotopic (exact) mass is 285 g/mol. The van der Waals surface area contributed by atoms with E-state index in [0.717, 1.165) is 12.1 Å². The maximum Gasteiger partial charge on any atom is 0.325 e. The van der Waals surface area contributed by atoms with Gasteiger partial charge >= 0.3 is 5.97 Å². The number of ether oxygens (including phenoxy) is 1. The molecule has 0 radical (unpaired) electrons. The number of carbonyl (C=O) groups is 2. The molecular formula is C14H17F2NO3. The second-order valence-electron chi connectivity index (χ2n) is 4.26. The van der Waals surface area contributed by atoms with Crippen molar-refractivity contribution in [3.63, 3.8) is 0 Å². The topological polar surface area (TPSA) is 46.6 Å². The van der Waals surface area contributed by atoms with Crippen molar-refractivity contribution in [3.05, 3.63) is 35.4 Å². The molecule has 0 N–H and O–H groups in total. The number of halogens is 2. The van der Waals surface area contributed by atoms with Crippen molar-refractivity contribution in [3.8, 4) is 0 Å². The van der Waals surface area contributed by atoms with Gasteiger partial charge in [-0.05, 0) is 25.5 Å². The lowest BCUT2D eigenvalue weighted by Crippen LogP contribution is -2.33. The van der Waals surface area contributed by atoms with Gasteiger partial charge in [-0.3, -0.25) is 9.59 Å². The molecule has 0 fully saturated rings. The first kappa shape index (κ1) is 16.1. The number of esters is 1. The van der Waals surface area contributed by atoms with E-state index in [2.05, 4.69) is 0 Å². The van der Waals surface area contributed by atoms with Crippen molar-refractivity contribution >= 4 is 11.9 Å². The Hall–Kier alpha value is -1.98. The highest BCUT2D eigenvalue weighted by Crippen LogP contribution is 2.14. The van der Waals surface area contributed by atoms with Crippen molar-refractivity contribution in [1.29, 1.82) is 0 Å². The first-order valence-corrected chi connectivity index (χ1v) is 6.28. The summed E-state index contributed by atoms with van der Waals surface area (Å²) in [7, 11) is 1.44. The molecule has 1 aromatic carbocycles. The molecule has 0 aliphatic rings. The quantitative estimate of drug-likeness (QED) is 0.750. The van der Waals surface area contributed by atoms with Crippen LogP contribution in [0.1, 0.15) is 18.9 Å². The standard InChI is InChI=1S/C14H17F2NO3/c1-3-20-14(19)9-17(2)13(18)8-7-10-11(15)5-4-6-12(10)16/h4-6H,3,7-9H2,1-2H3. The molecular weight excluding hydrogens is 268 g/mol. The third-order valence-electron chi connectivity index (χ3n) is 2.75. The third-order valence-corrected chi connectivity index (χ3v) is 2.75. The van der Waals surface area contributed by atoms with Gasteiger partial charge in [0.05, 0.1) is 6.61 Å². The van der Waals surface area contributed by atoms with Crippen molar-refractivity contribution in [2.24, 2.45) is 0 Å². The van der Waals surface area contributed by atoms with Gasteiger partial charge in [-0.1, -0.05) is 6.07 Å². The number of amides is 1. The molecule has 0 aromatic heterocycles. The number of rotatable bonds is 6. The molecule has 0 aliphatic carbocycles. The Morgan fingerprint density at radius 2 is 1.85 bits per heavy atom. The molecule has 1 aromatic rings. The third kappa shape index (κ3) is 4.60. The Kier molecular flexibility index (Phi) is 6.09. The number of benzene rings is 1. The van der Waals surface area contributed by atoms with E-state index in [4.69, 9.17) is 4.74 Å². The molecule has 110 valence electrons. The molecule has 1 rings (SSSR count). The highest BCUT2D eigenvalue weighted by Gasteiger charge is 2.15. The summed E-state index contributed by atoms with van der Waals surface area (Å²) in [5, 5.41) is 0. The summed E-state index contributed by atoms with van der Waals surface area (Å²) in [5.41, 5.74) is -0.120. The van der Waals surface area contributed by atoms with Gasteiger partial charge in [-0.25, -0.2) is 8.78 Å². The summed E-state index contributed by atoms with van der Waals surface area (Å²) < 4.78 is 31.5. The van der Waals surface area contributed by atoms with E-state index in [1.807, 2.05) is 0 Å². The molecule has 0 heterocycles. The molecule has 4 nitrogen and oxygen atoms in total. The second kappa shape index (κ2) is 7.57. The van der Waals surface area contributed by atoms with E-state index < -0.39 is 17.6 Å². The molecule has 0 spiro atoms. The number of nitrogens with zero attached hydrogens (tertiary/aromatic N) is 1. The molecule has 0 unspecified atom stereocenters. The Bertz CT molecular complexity index is 471. The zero-order chi connectivity index (χ0) is 15.1. The fourth-order valence-corrected chi connectivity index (χ4v) is 1.68. The minimum atomic E-state index is -0.675. The van der Waals surface area contributed by atoms with Crippen LogP contribution in [-0.4, -0.2) is 37.0 Å². The summed E-state index contributed by atoms with van der Waals surface area (Å²) in [5.74, 6) is -2.24. The highest BCUT2D eigenvalue weighted by molar-refractivity contribution is 5.81. The second-order valence-corrected chi connectivity index (χ2v) is 4.26. The van der Waals surface area contributed by atoms with Crippen LogP contribution in [0.4, 0.5) is 8.78 Å². The molecule has 0 aliphatic heterocycles. The number of hydrogen-bond donors (Lipinski definition) is 0. The van der Waals surface area contributed by atoms with Crippen LogP contribution < -0.4 is 0 Å². The Labute approximate surface area is 116 Å². The molecule has 1 amide bonds. The predicted molar refractivity (Wildman–Crippen MR) is 68.9 cm³/mol. The molecule has 0 atom stereocenters. The average molecular weight is 285 g/mol. The summed E-state index contributed by atoms with van der Waals surface area (Å²) in [4.78, 5) is 24.1. The van der Waals surface area contributed by atoms with Gasteiger partial charge < -0.3 is 9.64 Å². The molecule has 0 bridgehead atoms. The lowest BCUT2D eigenvalue weighted by Gasteiger charge is -2.16. The van der Waals surface area contributed by atoms with Crippen molar-refractivity contribution in [2.75, 3.05) is 20.2 Å². The Balaban J connectivity index is 2.53. The van der Waals surface area contributed by atoms with E-state index in [0.29, 0.717) is 0 Å². The van der Waals surface area contributed by atoms with Crippen molar-refractivity contribution in [2.45, 2.75) is 19.8 Å². The van der Waals surface area contributed by atoms with E-state index >= 15 is 0 Å². The normalized spacial score (nSPS) is 10.2. The van der Waals surface area contributed by atoms with Gasteiger partial charge in [0.2, 0.25) is 5.91 Å². The van der Waals surface area contributed by atoms with Gasteiger partial charge in [0.1, 0.15) is 18.2 Å². The Morgan fingerprint density at radius 3 is 2.40 bits per heavy atom. The minimum absolute atomic E-state index is 0.0511. The summed E-state index contributed by atoms with van der Waals surface area (Å²) in [6, 6.07) is 3.55. The van der Waals surface area contributed by atoms with Crippen molar-refractivity contribution < 1.29 is 23.1 Å². The van der Waals surface area contributed by atoms with Crippen LogP contribution >= 0.6 is 0 Å². The summed E-state index contributed by atoms with van der Waals surface area (Å²) in [6.07, 6.45) is -0.127.